The third kappa shape index (κ3) is 8.06. The van der Waals surface area contributed by atoms with Crippen LogP contribution in [0.5, 0.6) is 0 Å². The van der Waals surface area contributed by atoms with Gasteiger partial charge in [0.25, 0.3) is 0 Å². The van der Waals surface area contributed by atoms with Gasteiger partial charge in [0.1, 0.15) is 12.1 Å². The van der Waals surface area contributed by atoms with Gasteiger partial charge in [0.15, 0.2) is 0 Å². The van der Waals surface area contributed by atoms with Crippen LogP contribution >= 0.6 is 0 Å². The van der Waals surface area contributed by atoms with Crippen LogP contribution in [-0.4, -0.2) is 55.7 Å². The van der Waals surface area contributed by atoms with E-state index in [1.807, 2.05) is 20.8 Å². The van der Waals surface area contributed by atoms with Gasteiger partial charge in [-0.3, -0.25) is 0 Å². The summed E-state index contributed by atoms with van der Waals surface area (Å²) in [5.41, 5.74) is 0. The first-order valence-electron chi connectivity index (χ1n) is 9.39. The largest absolute Gasteiger partial charge is 0.480 e. The van der Waals surface area contributed by atoms with E-state index in [1.54, 1.807) is 0 Å². The molecule has 1 aromatic rings. The number of carboxylic acid groups (broad SMARTS) is 2. The molecule has 0 aliphatic rings. The topological polar surface area (TPSA) is 149 Å². The molecule has 0 fully saturated rings. The first-order chi connectivity index (χ1) is 12.9. The van der Waals surface area contributed by atoms with Gasteiger partial charge < -0.3 is 26.2 Å². The standard InChI is InChI=1S/C17H30N6O4/c1-4-7-9-11(13(24)25)19-16-21-15(18-6-3)22-17(23-16)20-12(14(26)27)10-8-5-2/h11-12H,4-10H2,1-3H3,(H,24,25)(H,26,27)(H3,18,19,20,21,22,23). The molecule has 10 heteroatoms. The van der Waals surface area contributed by atoms with E-state index in [0.717, 1.165) is 25.7 Å². The summed E-state index contributed by atoms with van der Waals surface area (Å²) >= 11 is 0. The fraction of sp³-hybridized carbons (Fsp3) is 0.706. The Morgan fingerprint density at radius 3 is 1.56 bits per heavy atom. The summed E-state index contributed by atoms with van der Waals surface area (Å²) in [5, 5.41) is 27.3. The maximum absolute atomic E-state index is 11.4. The molecule has 0 amide bonds. The van der Waals surface area contributed by atoms with Crippen molar-refractivity contribution in [1.29, 1.82) is 0 Å². The van der Waals surface area contributed by atoms with E-state index in [0.29, 0.717) is 19.4 Å². The van der Waals surface area contributed by atoms with Crippen LogP contribution in [0, 0.1) is 0 Å². The Labute approximate surface area is 159 Å². The molecule has 2 unspecified atom stereocenters. The van der Waals surface area contributed by atoms with Gasteiger partial charge in [-0.15, -0.1) is 0 Å². The van der Waals surface area contributed by atoms with Crippen molar-refractivity contribution in [3.05, 3.63) is 0 Å². The van der Waals surface area contributed by atoms with Gasteiger partial charge in [-0.1, -0.05) is 39.5 Å². The predicted molar refractivity (Wildman–Crippen MR) is 103 cm³/mol. The van der Waals surface area contributed by atoms with Gasteiger partial charge in [-0.05, 0) is 19.8 Å². The number of carbonyl (C=O) groups is 2. The molecular weight excluding hydrogens is 352 g/mol. The molecule has 0 spiro atoms. The summed E-state index contributed by atoms with van der Waals surface area (Å²) in [4.78, 5) is 35.4. The lowest BCUT2D eigenvalue weighted by atomic mass is 10.1. The highest BCUT2D eigenvalue weighted by Crippen LogP contribution is 2.15. The molecular formula is C17H30N6O4. The smallest absolute Gasteiger partial charge is 0.326 e. The van der Waals surface area contributed by atoms with Crippen molar-refractivity contribution in [2.24, 2.45) is 0 Å². The van der Waals surface area contributed by atoms with Crippen LogP contribution in [0.15, 0.2) is 0 Å². The minimum Gasteiger partial charge on any atom is -0.480 e. The SMILES string of the molecule is CCCCC(Nc1nc(NCC)nc(NC(CCCC)C(=O)O)n1)C(=O)O. The summed E-state index contributed by atoms with van der Waals surface area (Å²) in [6.45, 7) is 6.39. The van der Waals surface area contributed by atoms with Crippen LogP contribution in [0.3, 0.4) is 0 Å². The van der Waals surface area contributed by atoms with E-state index < -0.39 is 24.0 Å². The average Bonchev–Trinajstić information content (AvgIpc) is 2.61. The highest BCUT2D eigenvalue weighted by Gasteiger charge is 2.21. The minimum absolute atomic E-state index is 0.0894. The van der Waals surface area contributed by atoms with Crippen LogP contribution < -0.4 is 16.0 Å². The molecule has 27 heavy (non-hydrogen) atoms. The number of unbranched alkanes of at least 4 members (excludes halogenated alkanes) is 2. The molecule has 10 nitrogen and oxygen atoms in total. The molecule has 5 N–H and O–H groups in total. The Balaban J connectivity index is 3.03. The number of hydrogen-bond acceptors (Lipinski definition) is 8. The number of hydrogen-bond donors (Lipinski definition) is 5. The molecule has 0 saturated carbocycles. The van der Waals surface area contributed by atoms with E-state index in [2.05, 4.69) is 30.9 Å². The number of aromatic nitrogens is 3. The molecule has 152 valence electrons. The third-order valence-electron chi connectivity index (χ3n) is 3.87. The van der Waals surface area contributed by atoms with E-state index in [-0.39, 0.29) is 17.8 Å². The molecule has 1 aromatic heterocycles. The van der Waals surface area contributed by atoms with Gasteiger partial charge in [0, 0.05) is 6.54 Å². The minimum atomic E-state index is -0.991. The number of aliphatic carboxylic acids is 2. The fourth-order valence-electron chi connectivity index (χ4n) is 2.39. The Bertz CT molecular complexity index is 567. The lowest BCUT2D eigenvalue weighted by molar-refractivity contribution is -0.139. The van der Waals surface area contributed by atoms with Gasteiger partial charge in [0.05, 0.1) is 0 Å². The van der Waals surface area contributed by atoms with Crippen LogP contribution in [-0.2, 0) is 9.59 Å². The van der Waals surface area contributed by atoms with E-state index in [9.17, 15) is 19.8 Å². The van der Waals surface area contributed by atoms with Crippen LogP contribution in [0.1, 0.15) is 59.3 Å². The molecule has 0 saturated heterocycles. The second-order valence-corrected chi connectivity index (χ2v) is 6.19. The summed E-state index contributed by atoms with van der Waals surface area (Å²) in [6, 6.07) is -1.66. The van der Waals surface area contributed by atoms with Crippen molar-refractivity contribution in [2.75, 3.05) is 22.5 Å². The third-order valence-corrected chi connectivity index (χ3v) is 3.87. The highest BCUT2D eigenvalue weighted by molar-refractivity contribution is 5.77. The van der Waals surface area contributed by atoms with E-state index >= 15 is 0 Å². The number of carboxylic acids is 2. The van der Waals surface area contributed by atoms with Crippen molar-refractivity contribution >= 4 is 29.8 Å². The Morgan fingerprint density at radius 1 is 0.815 bits per heavy atom. The second kappa shape index (κ2) is 11.9. The Morgan fingerprint density at radius 2 is 1.22 bits per heavy atom. The maximum Gasteiger partial charge on any atom is 0.326 e. The predicted octanol–water partition coefficient (Wildman–Crippen LogP) is 2.41. The molecule has 0 aliphatic carbocycles. The van der Waals surface area contributed by atoms with Gasteiger partial charge in [0.2, 0.25) is 17.8 Å². The lowest BCUT2D eigenvalue weighted by Gasteiger charge is -2.17. The summed E-state index contributed by atoms with van der Waals surface area (Å²) in [6.07, 6.45) is 4.11. The lowest BCUT2D eigenvalue weighted by Crippen LogP contribution is -2.32. The molecule has 1 heterocycles. The van der Waals surface area contributed by atoms with Crippen LogP contribution in [0.4, 0.5) is 17.8 Å². The van der Waals surface area contributed by atoms with Gasteiger partial charge >= 0.3 is 11.9 Å². The van der Waals surface area contributed by atoms with E-state index in [1.165, 1.54) is 0 Å². The zero-order valence-electron chi connectivity index (χ0n) is 16.2. The van der Waals surface area contributed by atoms with Crippen LogP contribution in [0.2, 0.25) is 0 Å². The molecule has 0 aromatic carbocycles. The van der Waals surface area contributed by atoms with Crippen molar-refractivity contribution in [2.45, 2.75) is 71.4 Å². The van der Waals surface area contributed by atoms with Crippen LogP contribution in [0.25, 0.3) is 0 Å². The zero-order valence-corrected chi connectivity index (χ0v) is 16.2. The molecule has 0 aliphatic heterocycles. The second-order valence-electron chi connectivity index (χ2n) is 6.19. The maximum atomic E-state index is 11.4. The number of rotatable bonds is 14. The summed E-state index contributed by atoms with van der Waals surface area (Å²) in [5.74, 6) is -1.56. The summed E-state index contributed by atoms with van der Waals surface area (Å²) < 4.78 is 0. The quantitative estimate of drug-likeness (QED) is 0.324. The Kier molecular flexibility index (Phi) is 9.84. The molecule has 0 bridgehead atoms. The highest BCUT2D eigenvalue weighted by atomic mass is 16.4. The zero-order chi connectivity index (χ0) is 20.2. The van der Waals surface area contributed by atoms with Crippen molar-refractivity contribution in [3.63, 3.8) is 0 Å². The normalized spacial score (nSPS) is 12.9. The van der Waals surface area contributed by atoms with Crippen molar-refractivity contribution in [3.8, 4) is 0 Å². The first-order valence-corrected chi connectivity index (χ1v) is 9.39. The van der Waals surface area contributed by atoms with Crippen molar-refractivity contribution < 1.29 is 19.8 Å². The molecule has 0 radical (unpaired) electrons. The molecule has 1 rings (SSSR count). The van der Waals surface area contributed by atoms with Gasteiger partial charge in [-0.25, -0.2) is 9.59 Å². The average molecular weight is 382 g/mol. The molecule has 2 atom stereocenters. The number of anilines is 3. The Hall–Kier alpha value is -2.65. The number of nitrogens with one attached hydrogen (secondary N) is 3. The number of nitrogens with zero attached hydrogens (tertiary/aromatic N) is 3. The van der Waals surface area contributed by atoms with E-state index in [4.69, 9.17) is 0 Å². The van der Waals surface area contributed by atoms with Gasteiger partial charge in [-0.2, -0.15) is 15.0 Å². The van der Waals surface area contributed by atoms with Crippen molar-refractivity contribution in [1.82, 2.24) is 15.0 Å². The first kappa shape index (κ1) is 22.4. The fourth-order valence-corrected chi connectivity index (χ4v) is 2.39. The summed E-state index contributed by atoms with van der Waals surface area (Å²) in [7, 11) is 0. The monoisotopic (exact) mass is 382 g/mol.